The molecule has 1 fully saturated rings. The highest BCUT2D eigenvalue weighted by Gasteiger charge is 2.45. The van der Waals surface area contributed by atoms with Crippen LogP contribution in [0.3, 0.4) is 0 Å². The van der Waals surface area contributed by atoms with Crippen molar-refractivity contribution in [3.8, 4) is 17.0 Å². The molecule has 0 unspecified atom stereocenters. The van der Waals surface area contributed by atoms with Crippen molar-refractivity contribution < 1.29 is 24.3 Å². The number of aromatic nitrogens is 5. The van der Waals surface area contributed by atoms with Crippen molar-refractivity contribution in [2.24, 2.45) is 0 Å². The van der Waals surface area contributed by atoms with E-state index in [1.807, 2.05) is 12.1 Å². The van der Waals surface area contributed by atoms with Crippen LogP contribution in [0.25, 0.3) is 22.2 Å². The number of pyridine rings is 1. The first-order valence-corrected chi connectivity index (χ1v) is 10.5. The van der Waals surface area contributed by atoms with Gasteiger partial charge in [-0.15, -0.1) is 0 Å². The number of benzene rings is 1. The zero-order chi connectivity index (χ0) is 23.2. The first-order valence-electron chi connectivity index (χ1n) is 10.5. The maximum Gasteiger partial charge on any atom is 0.600 e. The van der Waals surface area contributed by atoms with Crippen LogP contribution in [0.2, 0.25) is 0 Å². The lowest BCUT2D eigenvalue weighted by molar-refractivity contribution is -0.612. The molecule has 1 aromatic carbocycles. The van der Waals surface area contributed by atoms with Gasteiger partial charge in [0.15, 0.2) is 0 Å². The summed E-state index contributed by atoms with van der Waals surface area (Å²) in [6, 6.07) is 10.7. The Morgan fingerprint density at radius 2 is 2.03 bits per heavy atom. The first-order chi connectivity index (χ1) is 15.9. The molecule has 0 atom stereocenters. The fourth-order valence-corrected chi connectivity index (χ4v) is 4.30. The lowest BCUT2D eigenvalue weighted by Crippen LogP contribution is -2.55. The molecule has 5 rings (SSSR count). The molecule has 10 heteroatoms. The number of aliphatic hydroxyl groups is 1. The normalized spacial score (nSPS) is 14.7. The van der Waals surface area contributed by atoms with Crippen molar-refractivity contribution >= 4 is 22.9 Å². The van der Waals surface area contributed by atoms with E-state index < -0.39 is 11.7 Å². The number of anilines is 1. The van der Waals surface area contributed by atoms with Gasteiger partial charge in [-0.1, -0.05) is 16.7 Å². The van der Waals surface area contributed by atoms with Crippen LogP contribution < -0.4 is 15.0 Å². The van der Waals surface area contributed by atoms with Gasteiger partial charge in [-0.2, -0.15) is 9.89 Å². The standard InChI is InChI=1S/C23H22N6O4/c1-33-17-7-3-6-16-19(26-21(24)27-20(16)17)14-11-25-28(12-14)13-15-5-2-8-18(29(15)22(30)31)23(32)9-4-10-23/h2-3,5-8,11-12,32H,4,9-10,13H2,1H3,(H2-,24,26,27,30,31)/p+1. The van der Waals surface area contributed by atoms with Gasteiger partial charge in [0.2, 0.25) is 17.3 Å². The third-order valence-corrected chi connectivity index (χ3v) is 6.08. The second kappa shape index (κ2) is 7.82. The fourth-order valence-electron chi connectivity index (χ4n) is 4.30. The molecule has 3 aromatic heterocycles. The van der Waals surface area contributed by atoms with Crippen LogP contribution in [0.5, 0.6) is 5.75 Å². The van der Waals surface area contributed by atoms with Gasteiger partial charge in [-0.25, -0.2) is 9.97 Å². The smallest absolute Gasteiger partial charge is 0.494 e. The number of ether oxygens (including phenoxy) is 1. The quantitative estimate of drug-likeness (QED) is 0.396. The molecule has 0 radical (unpaired) electrons. The molecule has 33 heavy (non-hydrogen) atoms. The van der Waals surface area contributed by atoms with Gasteiger partial charge in [0.25, 0.3) is 0 Å². The maximum absolute atomic E-state index is 12.1. The molecule has 4 N–H and O–H groups in total. The number of fused-ring (bicyclic) bond motifs is 1. The van der Waals surface area contributed by atoms with Gasteiger partial charge in [0, 0.05) is 29.3 Å². The lowest BCUT2D eigenvalue weighted by atomic mass is 9.77. The van der Waals surface area contributed by atoms with Gasteiger partial charge in [-0.3, -0.25) is 4.68 Å². The van der Waals surface area contributed by atoms with E-state index in [0.29, 0.717) is 46.8 Å². The molecule has 3 heterocycles. The molecule has 0 spiro atoms. The van der Waals surface area contributed by atoms with Crippen molar-refractivity contribution in [3.63, 3.8) is 0 Å². The minimum Gasteiger partial charge on any atom is -0.494 e. The van der Waals surface area contributed by atoms with E-state index >= 15 is 0 Å². The molecule has 0 bridgehead atoms. The van der Waals surface area contributed by atoms with Gasteiger partial charge < -0.3 is 20.7 Å². The summed E-state index contributed by atoms with van der Waals surface area (Å²) in [5.41, 5.74) is 7.62. The number of carbonyl (C=O) groups is 1. The molecule has 0 saturated heterocycles. The van der Waals surface area contributed by atoms with E-state index in [1.165, 1.54) is 0 Å². The predicted molar refractivity (Wildman–Crippen MR) is 119 cm³/mol. The van der Waals surface area contributed by atoms with E-state index in [4.69, 9.17) is 10.5 Å². The highest BCUT2D eigenvalue weighted by atomic mass is 16.5. The summed E-state index contributed by atoms with van der Waals surface area (Å²) in [7, 11) is 1.57. The molecule has 1 aliphatic carbocycles. The topological polar surface area (TPSA) is 140 Å². The number of hydrogen-bond donors (Lipinski definition) is 3. The van der Waals surface area contributed by atoms with Gasteiger partial charge in [0.1, 0.15) is 23.4 Å². The number of hydrogen-bond acceptors (Lipinski definition) is 7. The van der Waals surface area contributed by atoms with Crippen LogP contribution in [0.15, 0.2) is 48.8 Å². The van der Waals surface area contributed by atoms with E-state index in [0.717, 1.165) is 16.4 Å². The van der Waals surface area contributed by atoms with Gasteiger partial charge in [-0.05, 0) is 31.4 Å². The Bertz CT molecular complexity index is 1380. The highest BCUT2D eigenvalue weighted by Crippen LogP contribution is 2.39. The van der Waals surface area contributed by atoms with Crippen molar-refractivity contribution in [2.75, 3.05) is 12.8 Å². The van der Waals surface area contributed by atoms with E-state index in [-0.39, 0.29) is 12.5 Å². The van der Waals surface area contributed by atoms with Crippen molar-refractivity contribution in [3.05, 3.63) is 60.2 Å². The Morgan fingerprint density at radius 1 is 1.24 bits per heavy atom. The monoisotopic (exact) mass is 447 g/mol. The molecule has 10 nitrogen and oxygen atoms in total. The summed E-state index contributed by atoms with van der Waals surface area (Å²) in [5, 5.41) is 25.8. The zero-order valence-electron chi connectivity index (χ0n) is 18.0. The molecule has 0 aliphatic heterocycles. The molecular formula is C23H23N6O4+. The minimum atomic E-state index is -1.14. The summed E-state index contributed by atoms with van der Waals surface area (Å²) in [5.74, 6) is 0.698. The Balaban J connectivity index is 1.54. The van der Waals surface area contributed by atoms with E-state index in [9.17, 15) is 15.0 Å². The number of nitrogen functional groups attached to an aromatic ring is 1. The number of para-hydroxylation sites is 1. The Hall–Kier alpha value is -4.05. The third-order valence-electron chi connectivity index (χ3n) is 6.08. The SMILES string of the molecule is COc1cccc2c(-c3cnn(Cc4cccc(C5(O)CCC5)[n+]4C(=O)O)c3)nc(N)nc12. The number of carboxylic acid groups (broad SMARTS) is 1. The molecule has 4 aromatic rings. The second-order valence-electron chi connectivity index (χ2n) is 8.12. The molecule has 1 aliphatic rings. The number of nitrogens with zero attached hydrogens (tertiary/aromatic N) is 5. The highest BCUT2D eigenvalue weighted by molar-refractivity contribution is 5.96. The number of rotatable bonds is 5. The Morgan fingerprint density at radius 3 is 2.73 bits per heavy atom. The van der Waals surface area contributed by atoms with E-state index in [1.54, 1.807) is 48.5 Å². The predicted octanol–water partition coefficient (Wildman–Crippen LogP) is 2.32. The van der Waals surface area contributed by atoms with Gasteiger partial charge in [0.05, 0.1) is 19.0 Å². The lowest BCUT2D eigenvalue weighted by Gasteiger charge is -2.33. The van der Waals surface area contributed by atoms with Crippen LogP contribution in [0, 0.1) is 0 Å². The zero-order valence-corrected chi connectivity index (χ0v) is 18.0. The largest absolute Gasteiger partial charge is 0.600 e. The molecule has 1 saturated carbocycles. The van der Waals surface area contributed by atoms with Crippen molar-refractivity contribution in [1.82, 2.24) is 19.7 Å². The van der Waals surface area contributed by atoms with Crippen LogP contribution in [0.4, 0.5) is 10.7 Å². The third kappa shape index (κ3) is 3.54. The second-order valence-corrected chi connectivity index (χ2v) is 8.12. The van der Waals surface area contributed by atoms with Crippen LogP contribution in [-0.4, -0.2) is 43.2 Å². The molecular weight excluding hydrogens is 424 g/mol. The first kappa shape index (κ1) is 20.8. The van der Waals surface area contributed by atoms with Gasteiger partial charge >= 0.3 is 6.09 Å². The summed E-state index contributed by atoms with van der Waals surface area (Å²) in [6.45, 7) is 0.192. The minimum absolute atomic E-state index is 0.111. The molecule has 0 amide bonds. The summed E-state index contributed by atoms with van der Waals surface area (Å²) < 4.78 is 8.18. The summed E-state index contributed by atoms with van der Waals surface area (Å²) in [6.07, 6.45) is 4.23. The maximum atomic E-state index is 12.1. The van der Waals surface area contributed by atoms with Crippen molar-refractivity contribution in [2.45, 2.75) is 31.4 Å². The van der Waals surface area contributed by atoms with Crippen LogP contribution >= 0.6 is 0 Å². The van der Waals surface area contributed by atoms with Crippen LogP contribution in [-0.2, 0) is 12.1 Å². The summed E-state index contributed by atoms with van der Waals surface area (Å²) >= 11 is 0. The summed E-state index contributed by atoms with van der Waals surface area (Å²) in [4.78, 5) is 20.8. The average Bonchev–Trinajstić information content (AvgIpc) is 3.24. The Kier molecular flexibility index (Phi) is 4.94. The van der Waals surface area contributed by atoms with E-state index in [2.05, 4.69) is 15.1 Å². The number of methoxy groups -OCH3 is 1. The van der Waals surface area contributed by atoms with Crippen LogP contribution in [0.1, 0.15) is 30.7 Å². The fraction of sp³-hybridized carbons (Fsp3) is 0.261. The van der Waals surface area contributed by atoms with Crippen molar-refractivity contribution in [1.29, 1.82) is 0 Å². The Labute approximate surface area is 188 Å². The average molecular weight is 447 g/mol. The molecule has 168 valence electrons. The number of nitrogens with two attached hydrogens (primary N) is 1.